The Kier molecular flexibility index (Phi) is 6.12. The maximum atomic E-state index is 13.1. The quantitative estimate of drug-likeness (QED) is 0.375. The molecule has 2 rings (SSSR count). The largest absolute Gasteiger partial charge is 0.466 e. The Labute approximate surface area is 147 Å². The zero-order chi connectivity index (χ0) is 18.6. The first kappa shape index (κ1) is 19.3. The van der Waals surface area contributed by atoms with Crippen molar-refractivity contribution in [2.24, 2.45) is 5.92 Å². The summed E-state index contributed by atoms with van der Waals surface area (Å²) in [5.74, 6) is -0.252. The second kappa shape index (κ2) is 7.92. The Morgan fingerprint density at radius 3 is 2.64 bits per heavy atom. The van der Waals surface area contributed by atoms with Gasteiger partial charge in [-0.25, -0.2) is 8.42 Å². The van der Waals surface area contributed by atoms with Crippen molar-refractivity contribution in [1.82, 2.24) is 4.31 Å². The highest BCUT2D eigenvalue weighted by Gasteiger charge is 2.36. The molecule has 1 aliphatic rings. The Balaban J connectivity index is 2.34. The third-order valence-electron chi connectivity index (χ3n) is 4.02. The molecule has 0 radical (unpaired) electrons. The van der Waals surface area contributed by atoms with Crippen molar-refractivity contribution < 1.29 is 22.9 Å². The molecule has 0 spiro atoms. The normalized spacial score (nSPS) is 14.5. The number of nitro groups is 1. The molecule has 1 saturated carbocycles. The lowest BCUT2D eigenvalue weighted by atomic mass is 10.2. The number of nitro benzene ring substituents is 1. The van der Waals surface area contributed by atoms with Crippen molar-refractivity contribution in [3.05, 3.63) is 33.9 Å². The van der Waals surface area contributed by atoms with Crippen molar-refractivity contribution in [3.8, 4) is 0 Å². The molecule has 0 aromatic heterocycles. The molecule has 8 nitrogen and oxygen atoms in total. The van der Waals surface area contributed by atoms with E-state index in [4.69, 9.17) is 4.74 Å². The van der Waals surface area contributed by atoms with Crippen LogP contribution in [-0.2, 0) is 19.6 Å². The van der Waals surface area contributed by atoms with E-state index >= 15 is 0 Å². The second-order valence-corrected chi connectivity index (χ2v) is 7.92. The van der Waals surface area contributed by atoms with Crippen LogP contribution in [-0.4, -0.2) is 43.3 Å². The topological polar surface area (TPSA) is 107 Å². The van der Waals surface area contributed by atoms with Gasteiger partial charge >= 0.3 is 5.97 Å². The van der Waals surface area contributed by atoms with E-state index in [1.165, 1.54) is 29.4 Å². The van der Waals surface area contributed by atoms with Gasteiger partial charge in [-0.2, -0.15) is 4.31 Å². The summed E-state index contributed by atoms with van der Waals surface area (Å²) in [5.41, 5.74) is -0.136. The van der Waals surface area contributed by atoms with E-state index in [2.05, 4.69) is 0 Å². The Morgan fingerprint density at radius 1 is 1.40 bits per heavy atom. The number of esters is 1. The van der Waals surface area contributed by atoms with Crippen LogP contribution in [0, 0.1) is 23.0 Å². The molecule has 138 valence electrons. The molecule has 9 heteroatoms. The summed E-state index contributed by atoms with van der Waals surface area (Å²) in [6, 6.07) is 4.16. The van der Waals surface area contributed by atoms with Gasteiger partial charge < -0.3 is 4.74 Å². The number of ether oxygens (including phenoxy) is 1. The highest BCUT2D eigenvalue weighted by molar-refractivity contribution is 7.89. The predicted octanol–water partition coefficient (Wildman–Crippen LogP) is 2.26. The van der Waals surface area contributed by atoms with Gasteiger partial charge in [0, 0.05) is 19.2 Å². The van der Waals surface area contributed by atoms with Gasteiger partial charge in [-0.15, -0.1) is 0 Å². The van der Waals surface area contributed by atoms with Crippen LogP contribution >= 0.6 is 0 Å². The molecule has 0 bridgehead atoms. The number of sulfonamides is 1. The van der Waals surface area contributed by atoms with Crippen LogP contribution in [0.25, 0.3) is 0 Å². The minimum atomic E-state index is -4.09. The van der Waals surface area contributed by atoms with E-state index in [1.807, 2.05) is 0 Å². The Hall–Kier alpha value is -2.00. The summed E-state index contributed by atoms with van der Waals surface area (Å²) in [5, 5.41) is 11.3. The van der Waals surface area contributed by atoms with Crippen LogP contribution < -0.4 is 0 Å². The summed E-state index contributed by atoms with van der Waals surface area (Å²) in [6.07, 6.45) is 1.75. The average molecular weight is 370 g/mol. The fourth-order valence-electron chi connectivity index (χ4n) is 2.59. The SMILES string of the molecule is CCOC(=O)CCN(CC1CC1)S(=O)(=O)c1c(C)cccc1[N+](=O)[O-]. The third-order valence-corrected chi connectivity index (χ3v) is 6.07. The molecule has 0 unspecified atom stereocenters. The zero-order valence-electron chi connectivity index (χ0n) is 14.3. The summed E-state index contributed by atoms with van der Waals surface area (Å²) in [4.78, 5) is 21.9. The third kappa shape index (κ3) is 4.76. The van der Waals surface area contributed by atoms with Gasteiger partial charge in [-0.3, -0.25) is 14.9 Å². The number of nitrogens with zero attached hydrogens (tertiary/aromatic N) is 2. The molecular formula is C16H22N2O6S. The van der Waals surface area contributed by atoms with Crippen LogP contribution in [0.1, 0.15) is 31.7 Å². The maximum Gasteiger partial charge on any atom is 0.307 e. The molecular weight excluding hydrogens is 348 g/mol. The van der Waals surface area contributed by atoms with E-state index in [0.717, 1.165) is 12.8 Å². The molecule has 0 atom stereocenters. The molecule has 0 N–H and O–H groups in total. The van der Waals surface area contributed by atoms with Gasteiger partial charge in [0.15, 0.2) is 4.90 Å². The van der Waals surface area contributed by atoms with E-state index in [0.29, 0.717) is 5.56 Å². The molecule has 1 aromatic rings. The maximum absolute atomic E-state index is 13.1. The van der Waals surface area contributed by atoms with Gasteiger partial charge in [0.25, 0.3) is 5.69 Å². The number of hydrogen-bond acceptors (Lipinski definition) is 6. The highest BCUT2D eigenvalue weighted by atomic mass is 32.2. The van der Waals surface area contributed by atoms with Crippen LogP contribution in [0.15, 0.2) is 23.1 Å². The van der Waals surface area contributed by atoms with Gasteiger partial charge in [0.2, 0.25) is 10.0 Å². The number of rotatable bonds is 9. The first-order chi connectivity index (χ1) is 11.8. The fourth-order valence-corrected chi connectivity index (χ4v) is 4.47. The lowest BCUT2D eigenvalue weighted by molar-refractivity contribution is -0.387. The van der Waals surface area contributed by atoms with Crippen LogP contribution in [0.3, 0.4) is 0 Å². The van der Waals surface area contributed by atoms with Crippen molar-refractivity contribution in [2.75, 3.05) is 19.7 Å². The average Bonchev–Trinajstić information content (AvgIpc) is 3.35. The molecule has 1 aliphatic carbocycles. The minimum Gasteiger partial charge on any atom is -0.466 e. The smallest absolute Gasteiger partial charge is 0.307 e. The fraction of sp³-hybridized carbons (Fsp3) is 0.562. The predicted molar refractivity (Wildman–Crippen MR) is 90.6 cm³/mol. The zero-order valence-corrected chi connectivity index (χ0v) is 15.1. The van der Waals surface area contributed by atoms with Crippen molar-refractivity contribution in [1.29, 1.82) is 0 Å². The lowest BCUT2D eigenvalue weighted by Crippen LogP contribution is -2.35. The van der Waals surface area contributed by atoms with E-state index in [9.17, 15) is 23.3 Å². The summed E-state index contributed by atoms with van der Waals surface area (Å²) in [7, 11) is -4.09. The second-order valence-electron chi connectivity index (χ2n) is 6.04. The Bertz CT molecular complexity index is 758. The number of benzene rings is 1. The number of aryl methyl sites for hydroxylation is 1. The molecule has 1 fully saturated rings. The van der Waals surface area contributed by atoms with E-state index < -0.39 is 26.6 Å². The van der Waals surface area contributed by atoms with Crippen molar-refractivity contribution in [3.63, 3.8) is 0 Å². The van der Waals surface area contributed by atoms with Crippen LogP contribution in [0.4, 0.5) is 5.69 Å². The number of hydrogen-bond donors (Lipinski definition) is 0. The first-order valence-electron chi connectivity index (χ1n) is 8.17. The molecule has 25 heavy (non-hydrogen) atoms. The summed E-state index contributed by atoms with van der Waals surface area (Å²) in [6.45, 7) is 3.63. The molecule has 1 aromatic carbocycles. The first-order valence-corrected chi connectivity index (χ1v) is 9.61. The lowest BCUT2D eigenvalue weighted by Gasteiger charge is -2.22. The molecule has 0 amide bonds. The standard InChI is InChI=1S/C16H22N2O6S/c1-3-24-15(19)9-10-17(11-13-7-8-13)25(22,23)16-12(2)5-4-6-14(16)18(20)21/h4-6,13H,3,7-11H2,1-2H3. The monoisotopic (exact) mass is 370 g/mol. The molecule has 0 aliphatic heterocycles. The molecule has 0 saturated heterocycles. The summed E-state index contributed by atoms with van der Waals surface area (Å²) >= 11 is 0. The van der Waals surface area contributed by atoms with E-state index in [1.54, 1.807) is 6.92 Å². The van der Waals surface area contributed by atoms with Gasteiger partial charge in [0.05, 0.1) is 18.0 Å². The van der Waals surface area contributed by atoms with Gasteiger partial charge in [0.1, 0.15) is 0 Å². The van der Waals surface area contributed by atoms with Crippen LogP contribution in [0.5, 0.6) is 0 Å². The van der Waals surface area contributed by atoms with Gasteiger partial charge in [-0.1, -0.05) is 12.1 Å². The van der Waals surface area contributed by atoms with Gasteiger partial charge in [-0.05, 0) is 38.2 Å². The number of carbonyl (C=O) groups excluding carboxylic acids is 1. The van der Waals surface area contributed by atoms with Crippen molar-refractivity contribution >= 4 is 21.7 Å². The number of carbonyl (C=O) groups is 1. The minimum absolute atomic E-state index is 0.0524. The molecule has 0 heterocycles. The highest BCUT2D eigenvalue weighted by Crippen LogP contribution is 2.34. The van der Waals surface area contributed by atoms with E-state index in [-0.39, 0.29) is 36.9 Å². The van der Waals surface area contributed by atoms with Crippen molar-refractivity contribution in [2.45, 2.75) is 38.0 Å². The summed E-state index contributed by atoms with van der Waals surface area (Å²) < 4.78 is 32.2. The Morgan fingerprint density at radius 2 is 2.08 bits per heavy atom. The van der Waals surface area contributed by atoms with Crippen LogP contribution in [0.2, 0.25) is 0 Å².